The van der Waals surface area contributed by atoms with Crippen molar-refractivity contribution in [2.24, 2.45) is 22.9 Å². The number of nitrogens with one attached hydrogen (secondary N) is 1. The van der Waals surface area contributed by atoms with Crippen LogP contribution < -0.4 is 24.3 Å². The number of ether oxygens (including phenoxy) is 5. The van der Waals surface area contributed by atoms with Crippen LogP contribution in [-0.4, -0.2) is 78.7 Å². The van der Waals surface area contributed by atoms with Crippen LogP contribution in [0, 0.1) is 17.8 Å². The number of carbonyl (C=O) groups excluding carboxylic acids is 2. The molecule has 3 N–H and O–H groups in total. The van der Waals surface area contributed by atoms with E-state index in [0.717, 1.165) is 84.4 Å². The number of carbonyl (C=O) groups is 2. The summed E-state index contributed by atoms with van der Waals surface area (Å²) in [6, 6.07) is 34.4. The Morgan fingerprint density at radius 1 is 0.797 bits per heavy atom. The van der Waals surface area contributed by atoms with Gasteiger partial charge in [-0.05, 0) is 102 Å². The van der Waals surface area contributed by atoms with Crippen molar-refractivity contribution in [1.82, 2.24) is 4.90 Å². The van der Waals surface area contributed by atoms with Crippen LogP contribution >= 0.6 is 0 Å². The Bertz CT molecular complexity index is 2830. The lowest BCUT2D eigenvalue weighted by Gasteiger charge is -2.60. The van der Waals surface area contributed by atoms with Crippen LogP contribution in [0.3, 0.4) is 0 Å². The summed E-state index contributed by atoms with van der Waals surface area (Å²) >= 11 is 0. The number of fused-ring (bicyclic) bond motifs is 3. The minimum absolute atomic E-state index is 0.00380. The van der Waals surface area contributed by atoms with Crippen molar-refractivity contribution in [3.63, 3.8) is 0 Å². The van der Waals surface area contributed by atoms with Crippen LogP contribution in [0.4, 0.5) is 10.5 Å². The quantitative estimate of drug-likeness (QED) is 0.0222. The largest absolute Gasteiger partial charge is 0.497 e. The highest BCUT2D eigenvalue weighted by Gasteiger charge is 2.65. The fourth-order valence-electron chi connectivity index (χ4n) is 12.3. The molecule has 13 heteroatoms. The summed E-state index contributed by atoms with van der Waals surface area (Å²) < 4.78 is 32.0. The predicted octanol–water partition coefficient (Wildman–Crippen LogP) is 14.3. The maximum Gasteiger partial charge on any atom is 0.417 e. The van der Waals surface area contributed by atoms with Gasteiger partial charge in [-0.3, -0.25) is 10.1 Å². The molecule has 422 valence electrons. The molecule has 0 radical (unpaired) electrons. The Hall–Kier alpha value is -6.67. The molecule has 2 aliphatic carbocycles. The molecule has 0 spiro atoms. The lowest BCUT2D eigenvalue weighted by Crippen LogP contribution is -2.70. The Morgan fingerprint density at radius 2 is 1.52 bits per heavy atom. The third kappa shape index (κ3) is 14.6. The minimum Gasteiger partial charge on any atom is -0.497 e. The van der Waals surface area contributed by atoms with Gasteiger partial charge in [-0.25, -0.2) is 4.79 Å². The second-order valence-electron chi connectivity index (χ2n) is 21.4. The molecule has 1 fully saturated rings. The van der Waals surface area contributed by atoms with Crippen LogP contribution in [-0.2, 0) is 27.5 Å². The molecule has 1 heterocycles. The van der Waals surface area contributed by atoms with Gasteiger partial charge in [0.25, 0.3) is 0 Å². The van der Waals surface area contributed by atoms with Crippen molar-refractivity contribution in [3.05, 3.63) is 150 Å². The van der Waals surface area contributed by atoms with Crippen molar-refractivity contribution >= 4 is 34.2 Å². The average molecular weight is 1080 g/mol. The highest BCUT2D eigenvalue weighted by Crippen LogP contribution is 2.62. The normalized spacial score (nSPS) is 20.5. The molecule has 79 heavy (non-hydrogen) atoms. The Kier molecular flexibility index (Phi) is 21.8. The summed E-state index contributed by atoms with van der Waals surface area (Å²) in [7, 11) is 3.08. The first-order chi connectivity index (χ1) is 38.7. The van der Waals surface area contributed by atoms with Crippen LogP contribution in [0.2, 0.25) is 0 Å². The summed E-state index contributed by atoms with van der Waals surface area (Å²) in [5.41, 5.74) is 4.84. The zero-order valence-electron chi connectivity index (χ0n) is 46.8. The molecular formula is C66H83N3O10. The average Bonchev–Trinajstić information content (AvgIpc) is 2.88. The number of aliphatic hydroxyl groups excluding tert-OH is 2. The van der Waals surface area contributed by atoms with Gasteiger partial charge < -0.3 is 43.6 Å². The van der Waals surface area contributed by atoms with Crippen molar-refractivity contribution in [2.75, 3.05) is 39.4 Å². The van der Waals surface area contributed by atoms with Gasteiger partial charge in [0.15, 0.2) is 0 Å². The van der Waals surface area contributed by atoms with E-state index in [0.29, 0.717) is 53.7 Å². The van der Waals surface area contributed by atoms with E-state index in [1.807, 2.05) is 59.5 Å². The van der Waals surface area contributed by atoms with Gasteiger partial charge in [-0.2, -0.15) is 0 Å². The fraction of sp³-hybridized carbons (Fsp3) is 0.470. The molecule has 0 aromatic heterocycles. The van der Waals surface area contributed by atoms with Gasteiger partial charge in [-0.15, -0.1) is 6.58 Å². The molecule has 0 unspecified atom stereocenters. The summed E-state index contributed by atoms with van der Waals surface area (Å²) in [5, 5.41) is 30.4. The maximum absolute atomic E-state index is 15.7. The molecule has 1 saturated carbocycles. The smallest absolute Gasteiger partial charge is 0.417 e. The molecule has 5 aromatic rings. The molecule has 5 aromatic carbocycles. The van der Waals surface area contributed by atoms with Gasteiger partial charge in [0, 0.05) is 50.1 Å². The van der Waals surface area contributed by atoms with Crippen LogP contribution in [0.5, 0.6) is 23.0 Å². The highest BCUT2D eigenvalue weighted by molar-refractivity contribution is 6.03. The van der Waals surface area contributed by atoms with Gasteiger partial charge in [0.2, 0.25) is 11.7 Å². The van der Waals surface area contributed by atoms with E-state index in [4.69, 9.17) is 33.7 Å². The minimum atomic E-state index is -1.48. The van der Waals surface area contributed by atoms with Crippen LogP contribution in [0.25, 0.3) is 10.8 Å². The Labute approximate surface area is 468 Å². The number of benzene rings is 5. The molecule has 0 saturated heterocycles. The number of hydrogen-bond acceptors (Lipinski definition) is 11. The number of allylic oxidation sites excluding steroid dienone is 1. The Balaban J connectivity index is 1.27. The van der Waals surface area contributed by atoms with E-state index >= 15 is 4.79 Å². The lowest BCUT2D eigenvalue weighted by molar-refractivity contribution is -0.258. The SMILES string of the molecule is C=CCO[C@@]12Oc3ccc(OC(=O)Nc4ccc(OC)cc4OC)cc3[C@H]3[C@H](CCCCO)[C@@H](CCCCO)C=C(C(=NOCc4ccccc4)C[C@@H]1N(Cc1cccc4ccccc14)C(=O)CCCCCCCCCCC)[C@H]32. The molecule has 6 atom stereocenters. The monoisotopic (exact) mass is 1080 g/mol. The molecule has 8 rings (SSSR count). The fourth-order valence-corrected chi connectivity index (χ4v) is 12.3. The summed E-state index contributed by atoms with van der Waals surface area (Å²) in [5.74, 6) is -0.591. The second kappa shape index (κ2) is 29.5. The topological polar surface area (TPSA) is 158 Å². The van der Waals surface area contributed by atoms with Crippen molar-refractivity contribution in [1.29, 1.82) is 0 Å². The number of hydrogen-bond donors (Lipinski definition) is 3. The first-order valence-electron chi connectivity index (χ1n) is 29.0. The highest BCUT2D eigenvalue weighted by atomic mass is 16.7. The summed E-state index contributed by atoms with van der Waals surface area (Å²) in [6.07, 6.45) is 18.4. The standard InChI is InChI=1S/C66H83N3O10/c1-5-7-8-9-10-11-12-13-17-33-62(72)69(45-50-30-24-29-48-27-18-19-31-53(48)50)61-44-58(68-77-46-47-25-15-14-16-26-47)55-41-49(28-20-22-38-70)54(32-21-23-39-71)63-56-42-52(35-37-59(56)79-66(61,64(55)63)76-40-6-2)78-65(73)67-57-36-34-51(74-3)43-60(57)75-4/h6,14-16,18-19,24-27,29-31,34-37,41-43,49,54,61,63-64,70-71H,2,5,7-13,17,20-23,28,32-33,38-40,44-46H2,1,3-4H3,(H,67,73)/t49-,54+,61-,63+,64+,66+/m0/s1. The lowest BCUT2D eigenvalue weighted by atomic mass is 9.55. The third-order valence-corrected chi connectivity index (χ3v) is 16.2. The first-order valence-corrected chi connectivity index (χ1v) is 29.0. The van der Waals surface area contributed by atoms with Crippen LogP contribution in [0.15, 0.2) is 139 Å². The number of rotatable bonds is 31. The molecule has 2 amide bonds. The molecule has 1 aliphatic heterocycles. The maximum atomic E-state index is 15.7. The van der Waals surface area contributed by atoms with Crippen molar-refractivity contribution < 1.29 is 48.3 Å². The summed E-state index contributed by atoms with van der Waals surface area (Å²) in [4.78, 5) is 37.9. The van der Waals surface area contributed by atoms with Gasteiger partial charge in [0.05, 0.1) is 38.1 Å². The van der Waals surface area contributed by atoms with E-state index in [9.17, 15) is 15.0 Å². The number of aliphatic hydroxyl groups is 2. The Morgan fingerprint density at radius 3 is 2.27 bits per heavy atom. The number of unbranched alkanes of at least 4 members (excludes halogenated alkanes) is 10. The van der Waals surface area contributed by atoms with E-state index in [-0.39, 0.29) is 63.1 Å². The van der Waals surface area contributed by atoms with Crippen LogP contribution in [0.1, 0.15) is 139 Å². The van der Waals surface area contributed by atoms with E-state index < -0.39 is 23.8 Å². The predicted molar refractivity (Wildman–Crippen MR) is 312 cm³/mol. The third-order valence-electron chi connectivity index (χ3n) is 16.2. The van der Waals surface area contributed by atoms with Crippen molar-refractivity contribution in [2.45, 2.75) is 147 Å². The second-order valence-corrected chi connectivity index (χ2v) is 21.4. The number of amides is 2. The van der Waals surface area contributed by atoms with Gasteiger partial charge in [0.1, 0.15) is 35.6 Å². The zero-order chi connectivity index (χ0) is 55.4. The van der Waals surface area contributed by atoms with Gasteiger partial charge in [-0.1, -0.05) is 161 Å². The zero-order valence-corrected chi connectivity index (χ0v) is 46.8. The molecular weight excluding hydrogens is 995 g/mol. The molecule has 0 bridgehead atoms. The molecule has 3 aliphatic rings. The number of oxime groups is 1. The molecule has 13 nitrogen and oxygen atoms in total. The van der Waals surface area contributed by atoms with Gasteiger partial charge >= 0.3 is 6.09 Å². The number of anilines is 1. The van der Waals surface area contributed by atoms with E-state index in [2.05, 4.69) is 55.2 Å². The van der Waals surface area contributed by atoms with Crippen molar-refractivity contribution in [3.8, 4) is 23.0 Å². The van der Waals surface area contributed by atoms with E-state index in [1.165, 1.54) is 39.2 Å². The number of nitrogens with zero attached hydrogens (tertiary/aromatic N) is 2. The first kappa shape index (κ1) is 58.5. The van der Waals surface area contributed by atoms with E-state index in [1.54, 1.807) is 37.5 Å². The number of methoxy groups -OCH3 is 2. The summed E-state index contributed by atoms with van der Waals surface area (Å²) in [6.45, 7) is 7.17.